The lowest BCUT2D eigenvalue weighted by Crippen LogP contribution is -2.41. The van der Waals surface area contributed by atoms with Crippen molar-refractivity contribution in [2.75, 3.05) is 11.9 Å². The van der Waals surface area contributed by atoms with Crippen LogP contribution in [0.2, 0.25) is 0 Å². The van der Waals surface area contributed by atoms with Gasteiger partial charge in [0.1, 0.15) is 5.01 Å². The van der Waals surface area contributed by atoms with Crippen LogP contribution in [0.3, 0.4) is 0 Å². The minimum absolute atomic E-state index is 0.0600. The Balaban J connectivity index is 1.35. The van der Waals surface area contributed by atoms with Crippen molar-refractivity contribution in [1.82, 2.24) is 19.9 Å². The second-order valence-electron chi connectivity index (χ2n) is 7.42. The fraction of sp³-hybridized carbons (Fsp3) is 0.286. The Morgan fingerprint density at radius 3 is 2.93 bits per heavy atom. The molecule has 1 saturated heterocycles. The predicted molar refractivity (Wildman–Crippen MR) is 115 cm³/mol. The van der Waals surface area contributed by atoms with Crippen molar-refractivity contribution in [2.24, 2.45) is 0 Å². The number of aromatic nitrogens is 3. The number of hydrogen-bond acceptors (Lipinski definition) is 5. The van der Waals surface area contributed by atoms with Crippen LogP contribution in [0.15, 0.2) is 47.3 Å². The fourth-order valence-electron chi connectivity index (χ4n) is 4.06. The van der Waals surface area contributed by atoms with Crippen LogP contribution >= 0.6 is 11.3 Å². The van der Waals surface area contributed by atoms with Crippen molar-refractivity contribution in [2.45, 2.75) is 31.8 Å². The van der Waals surface area contributed by atoms with E-state index in [9.17, 15) is 9.59 Å². The van der Waals surface area contributed by atoms with Crippen LogP contribution in [-0.2, 0) is 4.79 Å². The lowest BCUT2D eigenvalue weighted by atomic mass is 10.2. The highest BCUT2D eigenvalue weighted by atomic mass is 32.1. The van der Waals surface area contributed by atoms with Crippen LogP contribution in [-0.4, -0.2) is 38.3 Å². The Kier molecular flexibility index (Phi) is 4.44. The van der Waals surface area contributed by atoms with Gasteiger partial charge in [0.15, 0.2) is 0 Å². The number of carbonyl (C=O) groups is 1. The molecule has 7 nitrogen and oxygen atoms in total. The number of nitrogens with zero attached hydrogens (tertiary/aromatic N) is 2. The third kappa shape index (κ3) is 3.34. The number of thiazole rings is 1. The van der Waals surface area contributed by atoms with E-state index in [-0.39, 0.29) is 23.7 Å². The maximum absolute atomic E-state index is 12.9. The molecule has 3 heterocycles. The lowest BCUT2D eigenvalue weighted by Gasteiger charge is -2.28. The Bertz CT molecular complexity index is 1220. The first kappa shape index (κ1) is 18.1. The number of para-hydroxylation sites is 1. The van der Waals surface area contributed by atoms with Crippen LogP contribution in [0.4, 0.5) is 5.69 Å². The van der Waals surface area contributed by atoms with Crippen LogP contribution in [0.5, 0.6) is 0 Å². The van der Waals surface area contributed by atoms with Crippen LogP contribution in [0.1, 0.15) is 30.8 Å². The Morgan fingerprint density at radius 2 is 2.07 bits per heavy atom. The minimum Gasteiger partial charge on any atom is -0.325 e. The summed E-state index contributed by atoms with van der Waals surface area (Å²) in [7, 11) is 0. The summed E-state index contributed by atoms with van der Waals surface area (Å²) in [6.45, 7) is 2.82. The molecule has 29 heavy (non-hydrogen) atoms. The van der Waals surface area contributed by atoms with Gasteiger partial charge in [0.2, 0.25) is 5.91 Å². The highest BCUT2D eigenvalue weighted by molar-refractivity contribution is 7.18. The van der Waals surface area contributed by atoms with Gasteiger partial charge in [-0.3, -0.25) is 9.69 Å². The van der Waals surface area contributed by atoms with E-state index in [2.05, 4.69) is 26.3 Å². The molecular weight excluding hydrogens is 386 g/mol. The predicted octanol–water partition coefficient (Wildman–Crippen LogP) is 3.63. The second kappa shape index (κ2) is 7.13. The highest BCUT2D eigenvalue weighted by Crippen LogP contribution is 2.37. The largest absolute Gasteiger partial charge is 0.325 e. The molecule has 2 atom stereocenters. The molecule has 3 N–H and O–H groups in total. The zero-order chi connectivity index (χ0) is 20.0. The Labute approximate surface area is 170 Å². The number of hydrogen-bond donors (Lipinski definition) is 3. The average Bonchev–Trinajstić information content (AvgIpc) is 3.43. The molecule has 5 rings (SSSR count). The van der Waals surface area contributed by atoms with Crippen LogP contribution in [0, 0.1) is 0 Å². The Hall–Kier alpha value is -2.97. The van der Waals surface area contributed by atoms with Crippen molar-refractivity contribution in [3.05, 3.63) is 58.0 Å². The molecule has 1 fully saturated rings. The van der Waals surface area contributed by atoms with E-state index in [1.807, 2.05) is 25.1 Å². The van der Waals surface area contributed by atoms with Crippen molar-refractivity contribution < 1.29 is 4.79 Å². The molecule has 0 saturated carbocycles. The third-order valence-corrected chi connectivity index (χ3v) is 6.69. The molecule has 0 aliphatic carbocycles. The number of benzene rings is 2. The van der Waals surface area contributed by atoms with Gasteiger partial charge >= 0.3 is 5.69 Å². The van der Waals surface area contributed by atoms with E-state index in [0.29, 0.717) is 11.2 Å². The van der Waals surface area contributed by atoms with Gasteiger partial charge in [0.05, 0.1) is 33.3 Å². The smallest absolute Gasteiger partial charge is 0.323 e. The summed E-state index contributed by atoms with van der Waals surface area (Å²) in [6.07, 6.45) is 2.06. The zero-order valence-corrected chi connectivity index (χ0v) is 16.8. The van der Waals surface area contributed by atoms with Crippen molar-refractivity contribution >= 4 is 44.2 Å². The summed E-state index contributed by atoms with van der Waals surface area (Å²) in [5, 5.41) is 4.06. The topological polar surface area (TPSA) is 93.9 Å². The number of H-pyrrole nitrogens is 2. The average molecular weight is 407 g/mol. The van der Waals surface area contributed by atoms with Crippen molar-refractivity contribution in [3.8, 4) is 0 Å². The molecule has 0 bridgehead atoms. The third-order valence-electron chi connectivity index (χ3n) is 5.55. The van der Waals surface area contributed by atoms with Crippen molar-refractivity contribution in [3.63, 3.8) is 0 Å². The van der Waals surface area contributed by atoms with Gasteiger partial charge in [0.25, 0.3) is 0 Å². The molecule has 1 aliphatic heterocycles. The summed E-state index contributed by atoms with van der Waals surface area (Å²) in [6, 6.07) is 13.4. The van der Waals surface area contributed by atoms with E-state index in [1.54, 1.807) is 29.5 Å². The highest BCUT2D eigenvalue weighted by Gasteiger charge is 2.34. The van der Waals surface area contributed by atoms with E-state index in [4.69, 9.17) is 4.98 Å². The summed E-state index contributed by atoms with van der Waals surface area (Å²) < 4.78 is 1.18. The first-order valence-corrected chi connectivity index (χ1v) is 10.5. The number of fused-ring (bicyclic) bond motifs is 2. The quantitative estimate of drug-likeness (QED) is 0.482. The monoisotopic (exact) mass is 407 g/mol. The normalized spacial score (nSPS) is 18.4. The van der Waals surface area contributed by atoms with Gasteiger partial charge in [-0.25, -0.2) is 9.78 Å². The van der Waals surface area contributed by atoms with Gasteiger partial charge in [-0.05, 0) is 56.6 Å². The molecule has 2 aromatic heterocycles. The van der Waals surface area contributed by atoms with Crippen LogP contribution in [0.25, 0.3) is 21.3 Å². The summed E-state index contributed by atoms with van der Waals surface area (Å²) >= 11 is 1.71. The number of aromatic amines is 2. The van der Waals surface area contributed by atoms with E-state index in [1.165, 1.54) is 4.70 Å². The van der Waals surface area contributed by atoms with E-state index < -0.39 is 0 Å². The van der Waals surface area contributed by atoms with Gasteiger partial charge in [-0.1, -0.05) is 12.1 Å². The first-order valence-electron chi connectivity index (χ1n) is 9.72. The van der Waals surface area contributed by atoms with Gasteiger partial charge in [0, 0.05) is 5.69 Å². The lowest BCUT2D eigenvalue weighted by molar-refractivity contribution is -0.121. The number of likely N-dealkylation sites (tertiary alicyclic amines) is 1. The standard InChI is InChI=1S/C21H21N5O2S/c1-12(19(27)22-13-8-9-14-16(11-13)25-21(28)24-14)26-10-4-6-17(26)20-23-15-5-2-3-7-18(15)29-20/h2-3,5,7-9,11-12,17H,4,6,10H2,1H3,(H,22,27)(H2,24,25,28). The van der Waals surface area contributed by atoms with Gasteiger partial charge in [-0.2, -0.15) is 0 Å². The summed E-state index contributed by atoms with van der Waals surface area (Å²) in [5.74, 6) is -0.0600. The molecule has 4 aromatic rings. The fourth-order valence-corrected chi connectivity index (χ4v) is 5.18. The number of rotatable bonds is 4. The minimum atomic E-state index is -0.282. The maximum atomic E-state index is 12.9. The summed E-state index contributed by atoms with van der Waals surface area (Å²) in [5.41, 5.74) is 2.82. The van der Waals surface area contributed by atoms with Crippen molar-refractivity contribution in [1.29, 1.82) is 0 Å². The first-order chi connectivity index (χ1) is 14.1. The zero-order valence-electron chi connectivity index (χ0n) is 15.9. The number of imidazole rings is 1. The molecular formula is C21H21N5O2S. The maximum Gasteiger partial charge on any atom is 0.323 e. The molecule has 1 aliphatic rings. The number of anilines is 1. The molecule has 1 amide bonds. The van der Waals surface area contributed by atoms with E-state index >= 15 is 0 Å². The number of amides is 1. The number of carbonyl (C=O) groups excluding carboxylic acids is 1. The number of nitrogens with one attached hydrogen (secondary N) is 3. The molecule has 0 spiro atoms. The van der Waals surface area contributed by atoms with E-state index in [0.717, 1.165) is 35.4 Å². The Morgan fingerprint density at radius 1 is 1.24 bits per heavy atom. The second-order valence-corrected chi connectivity index (χ2v) is 8.48. The van der Waals surface area contributed by atoms with Gasteiger partial charge in [-0.15, -0.1) is 11.3 Å². The summed E-state index contributed by atoms with van der Waals surface area (Å²) in [4.78, 5) is 36.8. The molecule has 2 unspecified atom stereocenters. The molecule has 0 radical (unpaired) electrons. The SMILES string of the molecule is CC(C(=O)Nc1ccc2[nH]c(=O)[nH]c2c1)N1CCCC1c1nc2ccccc2s1. The van der Waals surface area contributed by atoms with Gasteiger partial charge < -0.3 is 15.3 Å². The molecule has 148 valence electrons. The molecule has 8 heteroatoms. The molecule has 2 aromatic carbocycles. The van der Waals surface area contributed by atoms with Crippen LogP contribution < -0.4 is 11.0 Å².